The van der Waals surface area contributed by atoms with E-state index in [-0.39, 0.29) is 0 Å². The van der Waals surface area contributed by atoms with Crippen molar-refractivity contribution in [3.8, 4) is 0 Å². The fourth-order valence-corrected chi connectivity index (χ4v) is 1.44. The van der Waals surface area contributed by atoms with Crippen LogP contribution < -0.4 is 5.73 Å². The summed E-state index contributed by atoms with van der Waals surface area (Å²) in [6, 6.07) is 0.369. The maximum absolute atomic E-state index is 5.85. The summed E-state index contributed by atoms with van der Waals surface area (Å²) in [6.07, 6.45) is 3.80. The quantitative estimate of drug-likeness (QED) is 0.652. The molecule has 0 spiro atoms. The molecule has 0 aromatic rings. The van der Waals surface area contributed by atoms with Crippen LogP contribution in [0.5, 0.6) is 0 Å². The summed E-state index contributed by atoms with van der Waals surface area (Å²) in [6.45, 7) is 8.91. The lowest BCUT2D eigenvalue weighted by Crippen LogP contribution is -2.27. The number of rotatable bonds is 5. The first-order valence-corrected chi connectivity index (χ1v) is 4.87. The van der Waals surface area contributed by atoms with E-state index in [1.807, 2.05) is 0 Å². The van der Waals surface area contributed by atoms with E-state index in [0.29, 0.717) is 6.04 Å². The van der Waals surface area contributed by atoms with Crippen LogP contribution in [0.15, 0.2) is 0 Å². The van der Waals surface area contributed by atoms with E-state index in [4.69, 9.17) is 5.73 Å². The lowest BCUT2D eigenvalue weighted by Gasteiger charge is -2.21. The maximum atomic E-state index is 5.85. The summed E-state index contributed by atoms with van der Waals surface area (Å²) in [7, 11) is 0. The zero-order valence-electron chi connectivity index (χ0n) is 8.43. The van der Waals surface area contributed by atoms with Crippen molar-refractivity contribution in [2.45, 2.75) is 53.0 Å². The van der Waals surface area contributed by atoms with Crippen molar-refractivity contribution in [1.29, 1.82) is 0 Å². The summed E-state index contributed by atoms with van der Waals surface area (Å²) < 4.78 is 0. The standard InChI is InChI=1S/C10H23N/c1-5-8(3)7-10(6-2)9(4)11/h8-10H,5-7,11H2,1-4H3. The fourth-order valence-electron chi connectivity index (χ4n) is 1.44. The largest absolute Gasteiger partial charge is 0.328 e. The molecule has 0 amide bonds. The maximum Gasteiger partial charge on any atom is 0.00387 e. The molecule has 68 valence electrons. The van der Waals surface area contributed by atoms with Gasteiger partial charge in [-0.05, 0) is 25.2 Å². The van der Waals surface area contributed by atoms with E-state index >= 15 is 0 Å². The van der Waals surface area contributed by atoms with E-state index in [1.54, 1.807) is 0 Å². The summed E-state index contributed by atoms with van der Waals surface area (Å²) >= 11 is 0. The summed E-state index contributed by atoms with van der Waals surface area (Å²) in [5.41, 5.74) is 5.85. The van der Waals surface area contributed by atoms with Crippen LogP contribution >= 0.6 is 0 Å². The number of hydrogen-bond acceptors (Lipinski definition) is 1. The van der Waals surface area contributed by atoms with Gasteiger partial charge in [-0.3, -0.25) is 0 Å². The molecule has 0 aromatic heterocycles. The molecule has 0 aliphatic rings. The van der Waals surface area contributed by atoms with Gasteiger partial charge in [0.25, 0.3) is 0 Å². The molecule has 0 saturated carbocycles. The van der Waals surface area contributed by atoms with Gasteiger partial charge < -0.3 is 5.73 Å². The van der Waals surface area contributed by atoms with Gasteiger partial charge in [0.05, 0.1) is 0 Å². The lowest BCUT2D eigenvalue weighted by molar-refractivity contribution is 0.332. The highest BCUT2D eigenvalue weighted by molar-refractivity contribution is 4.69. The third-order valence-electron chi connectivity index (χ3n) is 2.67. The Morgan fingerprint density at radius 2 is 1.64 bits per heavy atom. The van der Waals surface area contributed by atoms with Crippen LogP contribution in [0.2, 0.25) is 0 Å². The minimum Gasteiger partial charge on any atom is -0.328 e. The van der Waals surface area contributed by atoms with Crippen molar-refractivity contribution in [1.82, 2.24) is 0 Å². The molecule has 0 aliphatic heterocycles. The van der Waals surface area contributed by atoms with Crippen LogP contribution in [0, 0.1) is 11.8 Å². The Labute approximate surface area is 71.4 Å². The van der Waals surface area contributed by atoms with E-state index in [9.17, 15) is 0 Å². The third kappa shape index (κ3) is 4.41. The average molecular weight is 157 g/mol. The lowest BCUT2D eigenvalue weighted by atomic mass is 9.88. The van der Waals surface area contributed by atoms with Gasteiger partial charge in [-0.25, -0.2) is 0 Å². The molecular weight excluding hydrogens is 134 g/mol. The Morgan fingerprint density at radius 3 is 1.91 bits per heavy atom. The minimum atomic E-state index is 0.369. The summed E-state index contributed by atoms with van der Waals surface area (Å²) in [5, 5.41) is 0. The van der Waals surface area contributed by atoms with Gasteiger partial charge >= 0.3 is 0 Å². The molecule has 1 heteroatoms. The Balaban J connectivity index is 3.68. The third-order valence-corrected chi connectivity index (χ3v) is 2.67. The van der Waals surface area contributed by atoms with Gasteiger partial charge in [-0.15, -0.1) is 0 Å². The van der Waals surface area contributed by atoms with Crippen molar-refractivity contribution in [3.05, 3.63) is 0 Å². The highest BCUT2D eigenvalue weighted by atomic mass is 14.6. The molecular formula is C10H23N. The van der Waals surface area contributed by atoms with Gasteiger partial charge in [-0.1, -0.05) is 33.6 Å². The molecule has 2 N–H and O–H groups in total. The van der Waals surface area contributed by atoms with E-state index in [1.165, 1.54) is 19.3 Å². The molecule has 11 heavy (non-hydrogen) atoms. The second-order valence-corrected chi connectivity index (χ2v) is 3.78. The Bertz CT molecular complexity index is 88.9. The highest BCUT2D eigenvalue weighted by Crippen LogP contribution is 2.19. The predicted molar refractivity (Wildman–Crippen MR) is 51.5 cm³/mol. The number of hydrogen-bond donors (Lipinski definition) is 1. The second kappa shape index (κ2) is 5.59. The molecule has 0 radical (unpaired) electrons. The van der Waals surface area contributed by atoms with Crippen molar-refractivity contribution < 1.29 is 0 Å². The minimum absolute atomic E-state index is 0.369. The molecule has 3 unspecified atom stereocenters. The molecule has 0 bridgehead atoms. The number of nitrogens with two attached hydrogens (primary N) is 1. The van der Waals surface area contributed by atoms with Gasteiger partial charge in [0.2, 0.25) is 0 Å². The molecule has 0 aliphatic carbocycles. The molecule has 0 aromatic carbocycles. The first-order valence-electron chi connectivity index (χ1n) is 4.87. The molecule has 1 nitrogen and oxygen atoms in total. The van der Waals surface area contributed by atoms with Crippen LogP contribution in [0.25, 0.3) is 0 Å². The van der Waals surface area contributed by atoms with Crippen LogP contribution in [-0.4, -0.2) is 6.04 Å². The molecule has 0 fully saturated rings. The molecule has 0 saturated heterocycles. The Hall–Kier alpha value is -0.0400. The van der Waals surface area contributed by atoms with Crippen LogP contribution in [-0.2, 0) is 0 Å². The van der Waals surface area contributed by atoms with E-state index in [2.05, 4.69) is 27.7 Å². The van der Waals surface area contributed by atoms with Crippen molar-refractivity contribution >= 4 is 0 Å². The molecule has 0 rings (SSSR count). The molecule has 3 atom stereocenters. The van der Waals surface area contributed by atoms with E-state index < -0.39 is 0 Å². The smallest absolute Gasteiger partial charge is 0.00387 e. The zero-order chi connectivity index (χ0) is 8.85. The van der Waals surface area contributed by atoms with Gasteiger partial charge in [0.1, 0.15) is 0 Å². The van der Waals surface area contributed by atoms with Crippen LogP contribution in [0.4, 0.5) is 0 Å². The normalized spacial score (nSPS) is 19.4. The Morgan fingerprint density at radius 1 is 1.09 bits per heavy atom. The topological polar surface area (TPSA) is 26.0 Å². The second-order valence-electron chi connectivity index (χ2n) is 3.78. The van der Waals surface area contributed by atoms with Crippen molar-refractivity contribution in [2.24, 2.45) is 17.6 Å². The summed E-state index contributed by atoms with van der Waals surface area (Å²) in [4.78, 5) is 0. The van der Waals surface area contributed by atoms with Gasteiger partial charge in [0.15, 0.2) is 0 Å². The first-order chi connectivity index (χ1) is 5.11. The van der Waals surface area contributed by atoms with Crippen LogP contribution in [0.3, 0.4) is 0 Å². The average Bonchev–Trinajstić information content (AvgIpc) is 1.99. The van der Waals surface area contributed by atoms with Crippen molar-refractivity contribution in [2.75, 3.05) is 0 Å². The van der Waals surface area contributed by atoms with Crippen molar-refractivity contribution in [3.63, 3.8) is 0 Å². The highest BCUT2D eigenvalue weighted by Gasteiger charge is 2.13. The first kappa shape index (κ1) is 11.0. The summed E-state index contributed by atoms with van der Waals surface area (Å²) in [5.74, 6) is 1.57. The zero-order valence-corrected chi connectivity index (χ0v) is 8.43. The Kier molecular flexibility index (Phi) is 5.57. The van der Waals surface area contributed by atoms with Gasteiger partial charge in [0, 0.05) is 6.04 Å². The SMILES string of the molecule is CCC(C)CC(CC)C(C)N. The molecule has 0 heterocycles. The fraction of sp³-hybridized carbons (Fsp3) is 1.00. The van der Waals surface area contributed by atoms with Crippen LogP contribution in [0.1, 0.15) is 47.0 Å². The van der Waals surface area contributed by atoms with E-state index in [0.717, 1.165) is 11.8 Å². The monoisotopic (exact) mass is 157 g/mol. The predicted octanol–water partition coefficient (Wildman–Crippen LogP) is 2.80. The van der Waals surface area contributed by atoms with Gasteiger partial charge in [-0.2, -0.15) is 0 Å².